The number of halogens is 2. The van der Waals surface area contributed by atoms with Crippen LogP contribution in [0.15, 0.2) is 0 Å². The van der Waals surface area contributed by atoms with E-state index in [4.69, 9.17) is 14.2 Å². The van der Waals surface area contributed by atoms with Gasteiger partial charge in [-0.05, 0) is 20.8 Å². The van der Waals surface area contributed by atoms with Gasteiger partial charge in [0.2, 0.25) is 6.43 Å². The van der Waals surface area contributed by atoms with Crippen LogP contribution in [0.5, 0.6) is 0 Å². The van der Waals surface area contributed by atoms with E-state index >= 15 is 0 Å². The summed E-state index contributed by atoms with van der Waals surface area (Å²) >= 11 is 0. The third-order valence-electron chi connectivity index (χ3n) is 1.93. The van der Waals surface area contributed by atoms with Crippen molar-refractivity contribution in [1.82, 2.24) is 5.32 Å². The van der Waals surface area contributed by atoms with Gasteiger partial charge in [0.25, 0.3) is 0 Å². The minimum Gasteiger partial charge on any atom is -0.444 e. The lowest BCUT2D eigenvalue weighted by molar-refractivity contribution is -0.129. The third-order valence-corrected chi connectivity index (χ3v) is 1.93. The maximum atomic E-state index is 12.4. The number of amides is 1. The van der Waals surface area contributed by atoms with E-state index in [1.165, 1.54) is 14.2 Å². The normalized spacial score (nSPS) is 13.8. The Labute approximate surface area is 106 Å². The molecule has 0 aromatic heterocycles. The van der Waals surface area contributed by atoms with Crippen LogP contribution in [0.2, 0.25) is 0 Å². The van der Waals surface area contributed by atoms with E-state index in [0.717, 1.165) is 0 Å². The third kappa shape index (κ3) is 7.39. The molecule has 0 heterocycles. The van der Waals surface area contributed by atoms with E-state index in [9.17, 15) is 13.6 Å². The van der Waals surface area contributed by atoms with E-state index < -0.39 is 36.9 Å². The molecule has 0 spiro atoms. The van der Waals surface area contributed by atoms with Gasteiger partial charge in [0.1, 0.15) is 5.60 Å². The summed E-state index contributed by atoms with van der Waals surface area (Å²) in [7, 11) is 2.62. The van der Waals surface area contributed by atoms with Crippen LogP contribution in [0, 0.1) is 0 Å². The Morgan fingerprint density at radius 2 is 1.72 bits per heavy atom. The summed E-state index contributed by atoms with van der Waals surface area (Å²) in [6.07, 6.45) is -4.90. The van der Waals surface area contributed by atoms with Crippen molar-refractivity contribution in [2.24, 2.45) is 0 Å². The number of alkyl halides is 2. The van der Waals surface area contributed by atoms with E-state index in [1.54, 1.807) is 20.8 Å². The van der Waals surface area contributed by atoms with Gasteiger partial charge in [0, 0.05) is 20.6 Å². The molecule has 0 saturated heterocycles. The second-order valence-electron chi connectivity index (χ2n) is 4.72. The number of ether oxygens (including phenoxy) is 3. The van der Waals surface area contributed by atoms with Crippen LogP contribution < -0.4 is 5.32 Å². The molecule has 0 radical (unpaired) electrons. The fraction of sp³-hybridized carbons (Fsp3) is 0.909. The largest absolute Gasteiger partial charge is 0.444 e. The lowest BCUT2D eigenvalue weighted by atomic mass is 10.2. The van der Waals surface area contributed by atoms with Crippen molar-refractivity contribution >= 4 is 6.09 Å². The van der Waals surface area contributed by atoms with Crippen molar-refractivity contribution in [2.45, 2.75) is 51.6 Å². The van der Waals surface area contributed by atoms with Gasteiger partial charge in [0.15, 0.2) is 6.29 Å². The summed E-state index contributed by atoms with van der Waals surface area (Å²) in [6, 6.07) is -0.977. The van der Waals surface area contributed by atoms with Crippen LogP contribution in [-0.4, -0.2) is 44.7 Å². The molecule has 1 N–H and O–H groups in total. The Kier molecular flexibility index (Phi) is 7.08. The Hall–Kier alpha value is -0.950. The lowest BCUT2D eigenvalue weighted by Crippen LogP contribution is -2.47. The van der Waals surface area contributed by atoms with E-state index in [2.05, 4.69) is 5.32 Å². The second kappa shape index (κ2) is 7.48. The number of rotatable bonds is 6. The quantitative estimate of drug-likeness (QED) is 0.751. The van der Waals surface area contributed by atoms with Crippen molar-refractivity contribution in [3.8, 4) is 0 Å². The molecule has 0 aliphatic heterocycles. The molecule has 0 aliphatic carbocycles. The summed E-state index contributed by atoms with van der Waals surface area (Å²) in [5, 5.41) is 2.32. The average Bonchev–Trinajstić information content (AvgIpc) is 2.14. The van der Waals surface area contributed by atoms with Crippen LogP contribution in [0.25, 0.3) is 0 Å². The predicted octanol–water partition coefficient (Wildman–Crippen LogP) is 2.15. The van der Waals surface area contributed by atoms with E-state index in [-0.39, 0.29) is 0 Å². The fourth-order valence-electron chi connectivity index (χ4n) is 1.31. The summed E-state index contributed by atoms with van der Waals surface area (Å²) in [4.78, 5) is 11.5. The molecule has 0 aromatic rings. The number of carbonyl (C=O) groups excluding carboxylic acids is 1. The van der Waals surface area contributed by atoms with Crippen molar-refractivity contribution in [2.75, 3.05) is 14.2 Å². The molecule has 0 unspecified atom stereocenters. The molecule has 5 nitrogen and oxygen atoms in total. The van der Waals surface area contributed by atoms with Crippen LogP contribution in [0.1, 0.15) is 27.2 Å². The molecule has 108 valence electrons. The molecule has 18 heavy (non-hydrogen) atoms. The zero-order valence-corrected chi connectivity index (χ0v) is 11.3. The molecule has 7 heteroatoms. The first-order valence-corrected chi connectivity index (χ1v) is 5.53. The van der Waals surface area contributed by atoms with Crippen molar-refractivity contribution in [1.29, 1.82) is 0 Å². The zero-order chi connectivity index (χ0) is 14.3. The monoisotopic (exact) mass is 269 g/mol. The molecular weight excluding hydrogens is 248 g/mol. The average molecular weight is 269 g/mol. The van der Waals surface area contributed by atoms with Gasteiger partial charge < -0.3 is 19.5 Å². The minimum atomic E-state index is -2.59. The molecule has 0 aliphatic rings. The smallest absolute Gasteiger partial charge is 0.408 e. The molecule has 1 atom stereocenters. The molecular formula is C11H21F2NO4. The molecule has 0 saturated carbocycles. The first-order chi connectivity index (χ1) is 8.19. The van der Waals surface area contributed by atoms with Gasteiger partial charge in [-0.3, -0.25) is 0 Å². The van der Waals surface area contributed by atoms with Crippen molar-refractivity contribution in [3.63, 3.8) is 0 Å². The van der Waals surface area contributed by atoms with Crippen LogP contribution in [-0.2, 0) is 14.2 Å². The first-order valence-electron chi connectivity index (χ1n) is 5.53. The molecule has 1 amide bonds. The summed E-state index contributed by atoms with van der Waals surface area (Å²) in [6.45, 7) is 5.04. The van der Waals surface area contributed by atoms with Crippen LogP contribution in [0.4, 0.5) is 13.6 Å². The van der Waals surface area contributed by atoms with Gasteiger partial charge in [-0.2, -0.15) is 0 Å². The summed E-state index contributed by atoms with van der Waals surface area (Å²) in [5.41, 5.74) is -0.699. The van der Waals surface area contributed by atoms with Gasteiger partial charge in [-0.25, -0.2) is 13.6 Å². The Bertz CT molecular complexity index is 252. The number of carbonyl (C=O) groups is 1. The molecule has 0 rings (SSSR count). The fourth-order valence-corrected chi connectivity index (χ4v) is 1.31. The number of nitrogens with one attached hydrogen (secondary N) is 1. The van der Waals surface area contributed by atoms with Crippen LogP contribution in [0.3, 0.4) is 0 Å². The highest BCUT2D eigenvalue weighted by atomic mass is 19.3. The summed E-state index contributed by atoms with van der Waals surface area (Å²) in [5.74, 6) is 0. The maximum Gasteiger partial charge on any atom is 0.408 e. The highest BCUT2D eigenvalue weighted by molar-refractivity contribution is 5.68. The Morgan fingerprint density at radius 1 is 1.22 bits per heavy atom. The molecule has 0 aromatic carbocycles. The van der Waals surface area contributed by atoms with Gasteiger partial charge >= 0.3 is 6.09 Å². The Morgan fingerprint density at radius 3 is 2.06 bits per heavy atom. The second-order valence-corrected chi connectivity index (χ2v) is 4.72. The summed E-state index contributed by atoms with van der Waals surface area (Å²) < 4.78 is 39.5. The van der Waals surface area contributed by atoms with Crippen molar-refractivity contribution < 1.29 is 27.8 Å². The van der Waals surface area contributed by atoms with Crippen molar-refractivity contribution in [3.05, 3.63) is 0 Å². The number of methoxy groups -OCH3 is 2. The highest BCUT2D eigenvalue weighted by Gasteiger charge is 2.28. The molecule has 0 bridgehead atoms. The molecule has 0 fully saturated rings. The minimum absolute atomic E-state index is 0.578. The topological polar surface area (TPSA) is 56.8 Å². The number of hydrogen-bond acceptors (Lipinski definition) is 4. The maximum absolute atomic E-state index is 12.4. The lowest BCUT2D eigenvalue weighted by Gasteiger charge is -2.27. The van der Waals surface area contributed by atoms with Gasteiger partial charge in [-0.15, -0.1) is 0 Å². The Balaban J connectivity index is 4.53. The first kappa shape index (κ1) is 17.1. The van der Waals surface area contributed by atoms with Gasteiger partial charge in [0.05, 0.1) is 6.04 Å². The highest BCUT2D eigenvalue weighted by Crippen LogP contribution is 2.12. The number of alkyl carbamates (subject to hydrolysis) is 1. The predicted molar refractivity (Wildman–Crippen MR) is 61.6 cm³/mol. The zero-order valence-electron chi connectivity index (χ0n) is 11.3. The van der Waals surface area contributed by atoms with E-state index in [0.29, 0.717) is 0 Å². The van der Waals surface area contributed by atoms with E-state index in [1.807, 2.05) is 0 Å². The van der Waals surface area contributed by atoms with Gasteiger partial charge in [-0.1, -0.05) is 0 Å². The standard InChI is InChI=1S/C11H21F2NO4/c1-11(2,3)18-10(15)14-7(6-8(12)13)9(16-4)17-5/h7-9H,6H2,1-5H3,(H,14,15)/t7-/m1/s1. The number of hydrogen-bond donors (Lipinski definition) is 1. The SMILES string of the molecule is COC(OC)[C@@H](CC(F)F)NC(=O)OC(C)(C)C. The van der Waals surface area contributed by atoms with Crippen LogP contribution >= 0.6 is 0 Å².